The molecule has 7 nitrogen and oxygen atoms in total. The zero-order valence-corrected chi connectivity index (χ0v) is 14.6. The Morgan fingerprint density at radius 2 is 2.00 bits per heavy atom. The molecule has 1 amide bonds. The Morgan fingerprint density at radius 1 is 1.33 bits per heavy atom. The van der Waals surface area contributed by atoms with Crippen molar-refractivity contribution >= 4 is 22.8 Å². The number of nitrogens with one attached hydrogen (secondary N) is 1. The molecule has 0 bridgehead atoms. The van der Waals surface area contributed by atoms with Gasteiger partial charge in [0.15, 0.2) is 0 Å². The first kappa shape index (κ1) is 18.0. The predicted molar refractivity (Wildman–Crippen MR) is 90.9 cm³/mol. The second-order valence-corrected chi connectivity index (χ2v) is 7.38. The fourth-order valence-corrected chi connectivity index (χ4v) is 4.39. The van der Waals surface area contributed by atoms with Gasteiger partial charge in [0.05, 0.1) is 5.39 Å². The highest BCUT2D eigenvalue weighted by atomic mass is 19.4. The van der Waals surface area contributed by atoms with E-state index in [0.29, 0.717) is 0 Å². The van der Waals surface area contributed by atoms with Gasteiger partial charge in [0.2, 0.25) is 6.10 Å². The minimum absolute atomic E-state index is 0.130. The average molecular weight is 383 g/mol. The molecule has 1 aliphatic carbocycles. The van der Waals surface area contributed by atoms with E-state index in [9.17, 15) is 23.1 Å². The Morgan fingerprint density at radius 3 is 2.63 bits per heavy atom. The quantitative estimate of drug-likeness (QED) is 0.840. The lowest BCUT2D eigenvalue weighted by Crippen LogP contribution is -2.46. The van der Waals surface area contributed by atoms with Crippen LogP contribution in [0.1, 0.15) is 12.8 Å². The zero-order valence-electron chi connectivity index (χ0n) is 14.6. The minimum atomic E-state index is -4.92. The SMILES string of the molecule is CN(c1ncnc2[nH]ccc12)C1CC2CN(C(=O)C(O)C(F)(F)F)C[C@@H]2C1. The highest BCUT2D eigenvalue weighted by molar-refractivity contribution is 5.87. The van der Waals surface area contributed by atoms with Crippen molar-refractivity contribution in [2.45, 2.75) is 31.2 Å². The number of H-pyrrole nitrogens is 1. The number of aliphatic hydroxyl groups excluding tert-OH is 1. The van der Waals surface area contributed by atoms with Gasteiger partial charge in [0.1, 0.15) is 17.8 Å². The van der Waals surface area contributed by atoms with Crippen LogP contribution in [0.15, 0.2) is 18.6 Å². The first-order valence-electron chi connectivity index (χ1n) is 8.80. The summed E-state index contributed by atoms with van der Waals surface area (Å²) >= 11 is 0. The second kappa shape index (κ2) is 6.36. The molecule has 3 heterocycles. The second-order valence-electron chi connectivity index (χ2n) is 7.38. The molecule has 2 N–H and O–H groups in total. The molecule has 2 aliphatic rings. The van der Waals surface area contributed by atoms with E-state index in [2.05, 4.69) is 19.9 Å². The van der Waals surface area contributed by atoms with Gasteiger partial charge >= 0.3 is 6.18 Å². The number of aromatic amines is 1. The van der Waals surface area contributed by atoms with Crippen molar-refractivity contribution in [3.05, 3.63) is 18.6 Å². The Labute approximate surface area is 153 Å². The molecular weight excluding hydrogens is 363 g/mol. The standard InChI is InChI=1S/C17H20F3N5O2/c1-24(15-12-2-3-21-14(12)22-8-23-15)11-4-9-6-25(7-10(9)5-11)16(27)13(26)17(18,19)20/h2-3,8-11,13,26H,4-7H2,1H3,(H,21,22,23)/t9-,10?,11?,13?/m0/s1. The van der Waals surface area contributed by atoms with E-state index in [1.807, 2.05) is 13.1 Å². The third kappa shape index (κ3) is 3.11. The van der Waals surface area contributed by atoms with Crippen molar-refractivity contribution in [2.75, 3.05) is 25.0 Å². The van der Waals surface area contributed by atoms with Gasteiger partial charge in [-0.3, -0.25) is 4.79 Å². The van der Waals surface area contributed by atoms with Crippen molar-refractivity contribution in [1.82, 2.24) is 19.9 Å². The van der Waals surface area contributed by atoms with Gasteiger partial charge < -0.3 is 19.9 Å². The van der Waals surface area contributed by atoms with E-state index >= 15 is 0 Å². The van der Waals surface area contributed by atoms with Gasteiger partial charge in [-0.05, 0) is 30.7 Å². The van der Waals surface area contributed by atoms with E-state index in [0.717, 1.165) is 34.6 Å². The normalized spacial score (nSPS) is 26.4. The third-order valence-electron chi connectivity index (χ3n) is 5.80. The van der Waals surface area contributed by atoms with E-state index < -0.39 is 18.2 Å². The van der Waals surface area contributed by atoms with Gasteiger partial charge in [-0.15, -0.1) is 0 Å². The molecule has 10 heteroatoms. The Kier molecular flexibility index (Phi) is 4.25. The first-order chi connectivity index (χ1) is 12.8. The molecule has 0 radical (unpaired) electrons. The summed E-state index contributed by atoms with van der Waals surface area (Å²) in [7, 11) is 1.96. The summed E-state index contributed by atoms with van der Waals surface area (Å²) in [6.45, 7) is 0.509. The van der Waals surface area contributed by atoms with Crippen molar-refractivity contribution in [3.63, 3.8) is 0 Å². The largest absolute Gasteiger partial charge is 0.423 e. The molecule has 146 valence electrons. The van der Waals surface area contributed by atoms with Gasteiger partial charge in [-0.25, -0.2) is 9.97 Å². The molecule has 2 aromatic heterocycles. The molecule has 0 spiro atoms. The number of aliphatic hydroxyl groups is 1. The molecular formula is C17H20F3N5O2. The molecule has 1 saturated carbocycles. The molecule has 0 aromatic carbocycles. The van der Waals surface area contributed by atoms with Crippen molar-refractivity contribution in [1.29, 1.82) is 0 Å². The van der Waals surface area contributed by atoms with Gasteiger partial charge in [-0.1, -0.05) is 0 Å². The topological polar surface area (TPSA) is 85.4 Å². The monoisotopic (exact) mass is 383 g/mol. The third-order valence-corrected chi connectivity index (χ3v) is 5.80. The molecule has 3 unspecified atom stereocenters. The maximum Gasteiger partial charge on any atom is 0.423 e. The van der Waals surface area contributed by atoms with Crippen LogP contribution in [0.4, 0.5) is 19.0 Å². The number of carbonyl (C=O) groups excluding carboxylic acids is 1. The number of halogens is 3. The van der Waals surface area contributed by atoms with E-state index in [1.54, 1.807) is 6.20 Å². The summed E-state index contributed by atoms with van der Waals surface area (Å²) in [4.78, 5) is 26.8. The van der Waals surface area contributed by atoms with Crippen LogP contribution in [0, 0.1) is 11.8 Å². The Bertz CT molecular complexity index is 840. The van der Waals surface area contributed by atoms with Crippen LogP contribution in [0.2, 0.25) is 0 Å². The highest BCUT2D eigenvalue weighted by Gasteiger charge is 2.50. The number of anilines is 1. The number of aromatic nitrogens is 3. The van der Waals surface area contributed by atoms with Gasteiger partial charge in [-0.2, -0.15) is 13.2 Å². The van der Waals surface area contributed by atoms with Crippen molar-refractivity contribution in [2.24, 2.45) is 11.8 Å². The summed E-state index contributed by atoms with van der Waals surface area (Å²) in [6.07, 6.45) is -3.02. The molecule has 27 heavy (non-hydrogen) atoms. The fourth-order valence-electron chi connectivity index (χ4n) is 4.39. The molecule has 4 rings (SSSR count). The molecule has 2 fully saturated rings. The van der Waals surface area contributed by atoms with Crippen molar-refractivity contribution < 1.29 is 23.1 Å². The van der Waals surface area contributed by atoms with Crippen LogP contribution in [0.25, 0.3) is 11.0 Å². The van der Waals surface area contributed by atoms with Crippen LogP contribution < -0.4 is 4.90 Å². The van der Waals surface area contributed by atoms with Gasteiger partial charge in [0, 0.05) is 32.4 Å². The summed E-state index contributed by atoms with van der Waals surface area (Å²) < 4.78 is 37.7. The highest BCUT2D eigenvalue weighted by Crippen LogP contribution is 2.42. The van der Waals surface area contributed by atoms with Crippen LogP contribution in [0.5, 0.6) is 0 Å². The molecule has 1 saturated heterocycles. The van der Waals surface area contributed by atoms with Crippen LogP contribution >= 0.6 is 0 Å². The summed E-state index contributed by atoms with van der Waals surface area (Å²) in [5.41, 5.74) is 0.753. The van der Waals surface area contributed by atoms with Crippen LogP contribution in [-0.2, 0) is 4.79 Å². The molecule has 2 aromatic rings. The lowest BCUT2D eigenvalue weighted by molar-refractivity contribution is -0.210. The van der Waals surface area contributed by atoms with E-state index in [1.165, 1.54) is 6.33 Å². The van der Waals surface area contributed by atoms with E-state index in [-0.39, 0.29) is 31.0 Å². The lowest BCUT2D eigenvalue weighted by atomic mass is 10.0. The number of hydrogen-bond acceptors (Lipinski definition) is 5. The summed E-state index contributed by atoms with van der Waals surface area (Å²) in [5.74, 6) is -0.172. The smallest absolute Gasteiger partial charge is 0.376 e. The number of nitrogens with zero attached hydrogens (tertiary/aromatic N) is 4. The molecule has 4 atom stereocenters. The first-order valence-corrected chi connectivity index (χ1v) is 8.80. The number of alkyl halides is 3. The van der Waals surface area contributed by atoms with Crippen LogP contribution in [-0.4, -0.2) is 69.3 Å². The van der Waals surface area contributed by atoms with Gasteiger partial charge in [0.25, 0.3) is 5.91 Å². The minimum Gasteiger partial charge on any atom is -0.376 e. The Hall–Kier alpha value is -2.36. The summed E-state index contributed by atoms with van der Waals surface area (Å²) in [5, 5.41) is 10.1. The fraction of sp³-hybridized carbons (Fsp3) is 0.588. The maximum absolute atomic E-state index is 12.6. The summed E-state index contributed by atoms with van der Waals surface area (Å²) in [6, 6.07) is 2.10. The molecule has 1 aliphatic heterocycles. The van der Waals surface area contributed by atoms with Crippen molar-refractivity contribution in [3.8, 4) is 0 Å². The number of amides is 1. The number of fused-ring (bicyclic) bond motifs is 2. The van der Waals surface area contributed by atoms with Crippen LogP contribution in [0.3, 0.4) is 0 Å². The zero-order chi connectivity index (χ0) is 19.3. The van der Waals surface area contributed by atoms with E-state index in [4.69, 9.17) is 0 Å². The number of likely N-dealkylation sites (tertiary alicyclic amines) is 1. The maximum atomic E-state index is 12.6. The average Bonchev–Trinajstić information content (AvgIpc) is 3.32. The predicted octanol–water partition coefficient (Wildman–Crippen LogP) is 1.55. The Balaban J connectivity index is 1.43. The number of carbonyl (C=O) groups is 1. The number of hydrogen-bond donors (Lipinski definition) is 2. The number of rotatable bonds is 3. The lowest BCUT2D eigenvalue weighted by Gasteiger charge is -2.28.